The quantitative estimate of drug-likeness (QED) is 0.369. The average Bonchev–Trinajstić information content (AvgIpc) is 2.73. The van der Waals surface area contributed by atoms with E-state index in [1.54, 1.807) is 18.2 Å². The third-order valence-electron chi connectivity index (χ3n) is 5.32. The maximum atomic E-state index is 12.6. The van der Waals surface area contributed by atoms with Crippen LogP contribution in [0.25, 0.3) is 0 Å². The molecule has 9 heteroatoms. The van der Waals surface area contributed by atoms with Crippen LogP contribution in [0.4, 0.5) is 0 Å². The summed E-state index contributed by atoms with van der Waals surface area (Å²) >= 11 is 12.1. The van der Waals surface area contributed by atoms with Gasteiger partial charge in [-0.25, -0.2) is 0 Å². The number of rotatable bonds is 7. The molecule has 166 valence electrons. The number of nitrogens with zero attached hydrogens (tertiary/aromatic N) is 1. The van der Waals surface area contributed by atoms with Crippen LogP contribution in [0.3, 0.4) is 0 Å². The van der Waals surface area contributed by atoms with Crippen molar-refractivity contribution in [1.82, 2.24) is 10.2 Å². The Morgan fingerprint density at radius 3 is 2.65 bits per heavy atom. The Balaban J connectivity index is 1.51. The van der Waals surface area contributed by atoms with Crippen LogP contribution in [-0.4, -0.2) is 48.1 Å². The number of amides is 1. The smallest absolute Gasteiger partial charge is 0.251 e. The number of carbonyl (C=O) groups excluding carboxylic acids is 1. The number of likely N-dealkylation sites (tertiary alicyclic amines) is 1. The lowest BCUT2D eigenvalue weighted by molar-refractivity contribution is 0.0940. The second kappa shape index (κ2) is 10.6. The number of hydrogen-bond acceptors (Lipinski definition) is 4. The molecule has 0 atom stereocenters. The first-order valence-electron chi connectivity index (χ1n) is 10.1. The van der Waals surface area contributed by atoms with Gasteiger partial charge in [0.2, 0.25) is 0 Å². The van der Waals surface area contributed by atoms with Crippen molar-refractivity contribution in [3.05, 3.63) is 57.6 Å². The lowest BCUT2D eigenvalue weighted by Crippen LogP contribution is -2.44. The van der Waals surface area contributed by atoms with Gasteiger partial charge in [-0.2, -0.15) is 0 Å². The SMILES string of the molecule is N=C(N)N1CCC(CNC(=O)c2cc(O)cc(OCCc3ccc(Cl)cc3Cl)c2)CC1. The van der Waals surface area contributed by atoms with E-state index < -0.39 is 0 Å². The molecule has 1 heterocycles. The van der Waals surface area contributed by atoms with Crippen molar-refractivity contribution < 1.29 is 14.6 Å². The van der Waals surface area contributed by atoms with E-state index in [4.69, 9.17) is 39.1 Å². The molecule has 31 heavy (non-hydrogen) atoms. The predicted octanol–water partition coefficient (Wildman–Crippen LogP) is 3.66. The van der Waals surface area contributed by atoms with Gasteiger partial charge in [0, 0.05) is 47.7 Å². The van der Waals surface area contributed by atoms with Crippen molar-refractivity contribution in [2.24, 2.45) is 11.7 Å². The topological polar surface area (TPSA) is 112 Å². The first-order chi connectivity index (χ1) is 14.8. The van der Waals surface area contributed by atoms with Gasteiger partial charge in [-0.3, -0.25) is 10.2 Å². The molecular formula is C22H26Cl2N4O3. The zero-order chi connectivity index (χ0) is 22.4. The van der Waals surface area contributed by atoms with Crippen LogP contribution in [-0.2, 0) is 6.42 Å². The summed E-state index contributed by atoms with van der Waals surface area (Å²) in [6.07, 6.45) is 2.29. The summed E-state index contributed by atoms with van der Waals surface area (Å²) in [7, 11) is 0. The second-order valence-electron chi connectivity index (χ2n) is 7.58. The van der Waals surface area contributed by atoms with Crippen molar-refractivity contribution in [3.63, 3.8) is 0 Å². The van der Waals surface area contributed by atoms with Crippen molar-refractivity contribution in [3.8, 4) is 11.5 Å². The Hall–Kier alpha value is -2.64. The van der Waals surface area contributed by atoms with Gasteiger partial charge in [-0.1, -0.05) is 29.3 Å². The summed E-state index contributed by atoms with van der Waals surface area (Å²) in [6.45, 7) is 2.31. The first kappa shape index (κ1) is 23.0. The number of benzene rings is 2. The summed E-state index contributed by atoms with van der Waals surface area (Å²) < 4.78 is 5.73. The molecule has 0 saturated carbocycles. The molecule has 0 aliphatic carbocycles. The monoisotopic (exact) mass is 464 g/mol. The van der Waals surface area contributed by atoms with E-state index in [1.165, 1.54) is 12.1 Å². The molecule has 1 aliphatic rings. The largest absolute Gasteiger partial charge is 0.508 e. The average molecular weight is 465 g/mol. The van der Waals surface area contributed by atoms with Gasteiger partial charge >= 0.3 is 0 Å². The molecule has 0 unspecified atom stereocenters. The van der Waals surface area contributed by atoms with Gasteiger partial charge in [0.15, 0.2) is 5.96 Å². The summed E-state index contributed by atoms with van der Waals surface area (Å²) in [5, 5.41) is 21.5. The minimum Gasteiger partial charge on any atom is -0.508 e. The molecule has 2 aromatic rings. The van der Waals surface area contributed by atoms with Crippen LogP contribution in [0.15, 0.2) is 36.4 Å². The minimum atomic E-state index is -0.268. The normalized spacial score (nSPS) is 14.3. The fourth-order valence-corrected chi connectivity index (χ4v) is 4.02. The van der Waals surface area contributed by atoms with E-state index in [0.717, 1.165) is 31.5 Å². The number of aromatic hydroxyl groups is 1. The number of nitrogens with two attached hydrogens (primary N) is 1. The highest BCUT2D eigenvalue weighted by atomic mass is 35.5. The number of ether oxygens (including phenoxy) is 1. The number of carbonyl (C=O) groups is 1. The third-order valence-corrected chi connectivity index (χ3v) is 5.90. The summed E-state index contributed by atoms with van der Waals surface area (Å²) in [5.74, 6) is 0.521. The lowest BCUT2D eigenvalue weighted by atomic mass is 9.97. The van der Waals surface area contributed by atoms with Crippen LogP contribution in [0.2, 0.25) is 10.0 Å². The second-order valence-corrected chi connectivity index (χ2v) is 8.42. The molecule has 3 rings (SSSR count). The molecule has 0 radical (unpaired) electrons. The Morgan fingerprint density at radius 2 is 1.97 bits per heavy atom. The van der Waals surface area contributed by atoms with Crippen LogP contribution < -0.4 is 15.8 Å². The predicted molar refractivity (Wildman–Crippen MR) is 122 cm³/mol. The number of phenols is 1. The molecule has 0 aromatic heterocycles. The number of hydrogen-bond donors (Lipinski definition) is 4. The van der Waals surface area contributed by atoms with E-state index in [2.05, 4.69) is 5.32 Å². The molecule has 1 aliphatic heterocycles. The standard InChI is InChI=1S/C22H26Cl2N4O3/c23-17-2-1-15(20(24)11-17)5-8-31-19-10-16(9-18(29)12-19)21(30)27-13-14-3-6-28(7-4-14)22(25)26/h1-2,9-12,14,29H,3-8,13H2,(H3,25,26)(H,27,30). The highest BCUT2D eigenvalue weighted by Crippen LogP contribution is 2.24. The van der Waals surface area contributed by atoms with Crippen molar-refractivity contribution in [2.75, 3.05) is 26.2 Å². The van der Waals surface area contributed by atoms with Crippen LogP contribution in [0.1, 0.15) is 28.8 Å². The zero-order valence-corrected chi connectivity index (χ0v) is 18.5. The van der Waals surface area contributed by atoms with Gasteiger partial charge < -0.3 is 25.8 Å². The van der Waals surface area contributed by atoms with E-state index in [1.807, 2.05) is 11.0 Å². The van der Waals surface area contributed by atoms with Crippen molar-refractivity contribution in [1.29, 1.82) is 5.41 Å². The molecule has 2 aromatic carbocycles. The molecule has 1 amide bonds. The summed E-state index contributed by atoms with van der Waals surface area (Å²) in [5.41, 5.74) is 6.75. The van der Waals surface area contributed by atoms with E-state index in [-0.39, 0.29) is 17.6 Å². The number of piperidine rings is 1. The Morgan fingerprint density at radius 1 is 1.23 bits per heavy atom. The highest BCUT2D eigenvalue weighted by Gasteiger charge is 2.20. The number of phenolic OH excluding ortho intramolecular Hbond substituents is 1. The van der Waals surface area contributed by atoms with Crippen LogP contribution >= 0.6 is 23.2 Å². The van der Waals surface area contributed by atoms with E-state index >= 15 is 0 Å². The molecule has 0 bridgehead atoms. The van der Waals surface area contributed by atoms with Crippen molar-refractivity contribution in [2.45, 2.75) is 19.3 Å². The molecule has 0 spiro atoms. The molecule has 7 nitrogen and oxygen atoms in total. The molecule has 1 fully saturated rings. The van der Waals surface area contributed by atoms with Gasteiger partial charge in [0.25, 0.3) is 5.91 Å². The van der Waals surface area contributed by atoms with Crippen LogP contribution in [0, 0.1) is 11.3 Å². The van der Waals surface area contributed by atoms with Gasteiger partial charge in [0.1, 0.15) is 11.5 Å². The van der Waals surface area contributed by atoms with Crippen LogP contribution in [0.5, 0.6) is 11.5 Å². The van der Waals surface area contributed by atoms with E-state index in [0.29, 0.717) is 46.8 Å². The zero-order valence-electron chi connectivity index (χ0n) is 17.0. The highest BCUT2D eigenvalue weighted by molar-refractivity contribution is 6.35. The number of guanidine groups is 1. The number of halogens is 2. The fourth-order valence-electron chi connectivity index (χ4n) is 3.52. The Kier molecular flexibility index (Phi) is 7.87. The van der Waals surface area contributed by atoms with Gasteiger partial charge in [0.05, 0.1) is 6.61 Å². The summed E-state index contributed by atoms with van der Waals surface area (Å²) in [6, 6.07) is 9.78. The Labute approximate surface area is 191 Å². The minimum absolute atomic E-state index is 0.0399. The maximum Gasteiger partial charge on any atom is 0.251 e. The Bertz CT molecular complexity index is 946. The van der Waals surface area contributed by atoms with Crippen molar-refractivity contribution >= 4 is 35.1 Å². The van der Waals surface area contributed by atoms with E-state index in [9.17, 15) is 9.90 Å². The summed E-state index contributed by atoms with van der Waals surface area (Å²) in [4.78, 5) is 14.4. The molecule has 5 N–H and O–H groups in total. The number of nitrogens with one attached hydrogen (secondary N) is 2. The lowest BCUT2D eigenvalue weighted by Gasteiger charge is -2.32. The first-order valence-corrected chi connectivity index (χ1v) is 10.9. The third kappa shape index (κ3) is 6.67. The fraction of sp³-hybridized carbons (Fsp3) is 0.364. The molecular weight excluding hydrogens is 439 g/mol. The maximum absolute atomic E-state index is 12.6. The van der Waals surface area contributed by atoms with Gasteiger partial charge in [-0.05, 0) is 48.6 Å². The molecule has 1 saturated heterocycles. The van der Waals surface area contributed by atoms with Gasteiger partial charge in [-0.15, -0.1) is 0 Å².